The summed E-state index contributed by atoms with van der Waals surface area (Å²) in [5.41, 5.74) is 2.26. The molecule has 0 saturated carbocycles. The molecule has 0 fully saturated rings. The molecule has 0 saturated heterocycles. The van der Waals surface area contributed by atoms with Crippen LogP contribution in [-0.4, -0.2) is 35.3 Å². The standard InChI is InChI=1S/C20H21N3O3S/c1-13-6-8-15(9-7-13)25-12-10-21-19(24)17-14(2)22-18(23-20(17)27-3)16-5-4-11-26-16/h4-9,11H,10,12H2,1-3H3,(H,21,24). The first-order valence-electron chi connectivity index (χ1n) is 8.52. The number of nitrogens with zero attached hydrogens (tertiary/aromatic N) is 2. The maximum atomic E-state index is 12.6. The average Bonchev–Trinajstić information content (AvgIpc) is 3.20. The lowest BCUT2D eigenvalue weighted by molar-refractivity contribution is 0.0942. The fourth-order valence-corrected chi connectivity index (χ4v) is 3.15. The Morgan fingerprint density at radius 3 is 2.63 bits per heavy atom. The molecule has 27 heavy (non-hydrogen) atoms. The number of aromatic nitrogens is 2. The number of furan rings is 1. The molecule has 0 radical (unpaired) electrons. The van der Waals surface area contributed by atoms with Crippen LogP contribution in [0.25, 0.3) is 11.6 Å². The van der Waals surface area contributed by atoms with Crippen LogP contribution in [-0.2, 0) is 0 Å². The highest BCUT2D eigenvalue weighted by Gasteiger charge is 2.19. The Bertz CT molecular complexity index is 909. The summed E-state index contributed by atoms with van der Waals surface area (Å²) < 4.78 is 11.0. The molecule has 2 heterocycles. The van der Waals surface area contributed by atoms with E-state index in [4.69, 9.17) is 9.15 Å². The Balaban J connectivity index is 1.64. The molecular formula is C20H21N3O3S. The third kappa shape index (κ3) is 4.68. The van der Waals surface area contributed by atoms with E-state index in [2.05, 4.69) is 15.3 Å². The van der Waals surface area contributed by atoms with Gasteiger partial charge in [0, 0.05) is 0 Å². The number of nitrogens with one attached hydrogen (secondary N) is 1. The van der Waals surface area contributed by atoms with E-state index in [1.54, 1.807) is 25.3 Å². The molecule has 0 unspecified atom stereocenters. The second-order valence-corrected chi connectivity index (χ2v) is 6.71. The molecule has 0 aliphatic carbocycles. The molecular weight excluding hydrogens is 362 g/mol. The number of carbonyl (C=O) groups excluding carboxylic acids is 1. The summed E-state index contributed by atoms with van der Waals surface area (Å²) in [5, 5.41) is 3.49. The van der Waals surface area contributed by atoms with Gasteiger partial charge in [-0.1, -0.05) is 17.7 Å². The van der Waals surface area contributed by atoms with Gasteiger partial charge in [0.1, 0.15) is 17.4 Å². The molecule has 0 aliphatic rings. The van der Waals surface area contributed by atoms with E-state index in [1.807, 2.05) is 37.4 Å². The van der Waals surface area contributed by atoms with Crippen molar-refractivity contribution in [3.05, 3.63) is 59.5 Å². The zero-order valence-corrected chi connectivity index (χ0v) is 16.3. The SMILES string of the molecule is CSc1nc(-c2ccco2)nc(C)c1C(=O)NCCOc1ccc(C)cc1. The van der Waals surface area contributed by atoms with E-state index in [-0.39, 0.29) is 5.91 Å². The molecule has 0 bridgehead atoms. The number of aryl methyl sites for hydroxylation is 2. The summed E-state index contributed by atoms with van der Waals surface area (Å²) in [6.07, 6.45) is 3.45. The number of carbonyl (C=O) groups is 1. The van der Waals surface area contributed by atoms with E-state index in [0.29, 0.717) is 41.0 Å². The van der Waals surface area contributed by atoms with E-state index < -0.39 is 0 Å². The quantitative estimate of drug-likeness (QED) is 0.379. The lowest BCUT2D eigenvalue weighted by atomic mass is 10.2. The first-order valence-corrected chi connectivity index (χ1v) is 9.75. The van der Waals surface area contributed by atoms with Crippen molar-refractivity contribution in [2.75, 3.05) is 19.4 Å². The summed E-state index contributed by atoms with van der Waals surface area (Å²) in [4.78, 5) is 21.5. The van der Waals surface area contributed by atoms with E-state index in [9.17, 15) is 4.79 Å². The Kier molecular flexibility index (Phi) is 6.13. The topological polar surface area (TPSA) is 77.2 Å². The minimum atomic E-state index is -0.213. The number of hydrogen-bond acceptors (Lipinski definition) is 6. The molecule has 7 heteroatoms. The summed E-state index contributed by atoms with van der Waals surface area (Å²) in [7, 11) is 0. The van der Waals surface area contributed by atoms with Crippen molar-refractivity contribution >= 4 is 17.7 Å². The van der Waals surface area contributed by atoms with Crippen LogP contribution in [0.15, 0.2) is 52.1 Å². The third-order valence-electron chi connectivity index (χ3n) is 3.90. The molecule has 2 aromatic heterocycles. The number of rotatable bonds is 7. The maximum Gasteiger partial charge on any atom is 0.256 e. The van der Waals surface area contributed by atoms with Gasteiger partial charge < -0.3 is 14.5 Å². The fourth-order valence-electron chi connectivity index (χ4n) is 2.53. The van der Waals surface area contributed by atoms with Crippen LogP contribution in [0.2, 0.25) is 0 Å². The van der Waals surface area contributed by atoms with Gasteiger partial charge in [-0.3, -0.25) is 4.79 Å². The van der Waals surface area contributed by atoms with Gasteiger partial charge in [0.25, 0.3) is 5.91 Å². The number of ether oxygens (including phenoxy) is 1. The molecule has 3 rings (SSSR count). The van der Waals surface area contributed by atoms with Crippen molar-refractivity contribution in [1.29, 1.82) is 0 Å². The van der Waals surface area contributed by atoms with Gasteiger partial charge in [0.05, 0.1) is 24.1 Å². The minimum absolute atomic E-state index is 0.213. The highest BCUT2D eigenvalue weighted by Crippen LogP contribution is 2.25. The van der Waals surface area contributed by atoms with Crippen LogP contribution < -0.4 is 10.1 Å². The van der Waals surface area contributed by atoms with Crippen LogP contribution in [0.1, 0.15) is 21.6 Å². The zero-order valence-electron chi connectivity index (χ0n) is 15.5. The highest BCUT2D eigenvalue weighted by molar-refractivity contribution is 7.98. The number of amides is 1. The minimum Gasteiger partial charge on any atom is -0.492 e. The molecule has 3 aromatic rings. The van der Waals surface area contributed by atoms with Crippen molar-refractivity contribution in [2.24, 2.45) is 0 Å². The van der Waals surface area contributed by atoms with Gasteiger partial charge in [0.15, 0.2) is 11.6 Å². The van der Waals surface area contributed by atoms with Gasteiger partial charge in [-0.15, -0.1) is 11.8 Å². The third-order valence-corrected chi connectivity index (χ3v) is 4.58. The van der Waals surface area contributed by atoms with Gasteiger partial charge in [0.2, 0.25) is 0 Å². The van der Waals surface area contributed by atoms with Crippen LogP contribution in [0.4, 0.5) is 0 Å². The van der Waals surface area contributed by atoms with Crippen molar-refractivity contribution in [2.45, 2.75) is 18.9 Å². The molecule has 140 valence electrons. The van der Waals surface area contributed by atoms with Crippen molar-refractivity contribution in [3.8, 4) is 17.3 Å². The van der Waals surface area contributed by atoms with E-state index in [1.165, 1.54) is 17.3 Å². The van der Waals surface area contributed by atoms with Gasteiger partial charge in [-0.25, -0.2) is 9.97 Å². The molecule has 0 spiro atoms. The lowest BCUT2D eigenvalue weighted by Crippen LogP contribution is -2.29. The predicted molar refractivity (Wildman–Crippen MR) is 105 cm³/mol. The second kappa shape index (κ2) is 8.73. The lowest BCUT2D eigenvalue weighted by Gasteiger charge is -2.12. The molecule has 1 amide bonds. The van der Waals surface area contributed by atoms with Crippen LogP contribution in [0, 0.1) is 13.8 Å². The summed E-state index contributed by atoms with van der Waals surface area (Å²) in [5.74, 6) is 1.62. The Hall–Kier alpha value is -2.80. The fraction of sp³-hybridized carbons (Fsp3) is 0.250. The molecule has 6 nitrogen and oxygen atoms in total. The number of hydrogen-bond donors (Lipinski definition) is 1. The van der Waals surface area contributed by atoms with Gasteiger partial charge >= 0.3 is 0 Å². The van der Waals surface area contributed by atoms with Crippen LogP contribution in [0.5, 0.6) is 5.75 Å². The van der Waals surface area contributed by atoms with Gasteiger partial charge in [-0.05, 0) is 44.4 Å². The molecule has 0 aliphatic heterocycles. The average molecular weight is 383 g/mol. The Morgan fingerprint density at radius 2 is 1.96 bits per heavy atom. The normalized spacial score (nSPS) is 10.6. The first kappa shape index (κ1) is 19.0. The van der Waals surface area contributed by atoms with Crippen molar-refractivity contribution in [1.82, 2.24) is 15.3 Å². The number of thioether (sulfide) groups is 1. The smallest absolute Gasteiger partial charge is 0.256 e. The molecule has 0 atom stereocenters. The predicted octanol–water partition coefficient (Wildman–Crippen LogP) is 3.88. The molecule has 1 N–H and O–H groups in total. The van der Waals surface area contributed by atoms with Crippen LogP contribution >= 0.6 is 11.8 Å². The first-order chi connectivity index (χ1) is 13.1. The monoisotopic (exact) mass is 383 g/mol. The maximum absolute atomic E-state index is 12.6. The van der Waals surface area contributed by atoms with Crippen molar-refractivity contribution < 1.29 is 13.9 Å². The zero-order chi connectivity index (χ0) is 19.2. The van der Waals surface area contributed by atoms with E-state index >= 15 is 0 Å². The largest absolute Gasteiger partial charge is 0.492 e. The summed E-state index contributed by atoms with van der Waals surface area (Å²) >= 11 is 1.40. The second-order valence-electron chi connectivity index (χ2n) is 5.91. The summed E-state index contributed by atoms with van der Waals surface area (Å²) in [6.45, 7) is 4.59. The van der Waals surface area contributed by atoms with E-state index in [0.717, 1.165) is 5.75 Å². The Morgan fingerprint density at radius 1 is 1.19 bits per heavy atom. The Labute approximate surface area is 162 Å². The van der Waals surface area contributed by atoms with Gasteiger partial charge in [-0.2, -0.15) is 0 Å². The molecule has 1 aromatic carbocycles. The van der Waals surface area contributed by atoms with Crippen LogP contribution in [0.3, 0.4) is 0 Å². The number of benzene rings is 1. The summed E-state index contributed by atoms with van der Waals surface area (Å²) in [6, 6.07) is 11.4. The highest BCUT2D eigenvalue weighted by atomic mass is 32.2. The van der Waals surface area contributed by atoms with Crippen molar-refractivity contribution in [3.63, 3.8) is 0 Å².